The van der Waals surface area contributed by atoms with Crippen molar-refractivity contribution < 1.29 is 17.9 Å². The topological polar surface area (TPSA) is 66.9 Å². The van der Waals surface area contributed by atoms with Gasteiger partial charge in [0.2, 0.25) is 15.9 Å². The summed E-state index contributed by atoms with van der Waals surface area (Å²) < 4.78 is 32.3. The van der Waals surface area contributed by atoms with Crippen molar-refractivity contribution in [2.45, 2.75) is 52.0 Å². The van der Waals surface area contributed by atoms with Gasteiger partial charge in [-0.15, -0.1) is 0 Å². The van der Waals surface area contributed by atoms with Gasteiger partial charge in [0.25, 0.3) is 0 Å². The molecule has 1 fully saturated rings. The van der Waals surface area contributed by atoms with Crippen molar-refractivity contribution in [1.82, 2.24) is 9.21 Å². The zero-order valence-corrected chi connectivity index (χ0v) is 15.8. The fourth-order valence-electron chi connectivity index (χ4n) is 3.74. The summed E-state index contributed by atoms with van der Waals surface area (Å²) in [5.74, 6) is -0.122. The number of morpholine rings is 1. The normalized spacial score (nSPS) is 27.8. The highest BCUT2D eigenvalue weighted by Crippen LogP contribution is 2.28. The van der Waals surface area contributed by atoms with Crippen LogP contribution in [0.5, 0.6) is 0 Å². The molecule has 25 heavy (non-hydrogen) atoms. The minimum atomic E-state index is -3.47. The molecule has 1 aromatic rings. The Labute approximate surface area is 149 Å². The first-order valence-corrected chi connectivity index (χ1v) is 10.4. The van der Waals surface area contributed by atoms with Crippen LogP contribution in [0.3, 0.4) is 0 Å². The number of ether oxygens (including phenoxy) is 1. The van der Waals surface area contributed by atoms with E-state index in [0.29, 0.717) is 19.5 Å². The number of hydrogen-bond donors (Lipinski definition) is 0. The van der Waals surface area contributed by atoms with E-state index in [9.17, 15) is 13.2 Å². The first-order chi connectivity index (χ1) is 11.8. The standard InChI is InChI=1S/C18H26N2O4S/c1-4-25(22,23)20-12-16-8-6-5-7-15(16)9-17(20)18(21)19-10-13(2)24-14(3)11-19/h5-8,13-14,17H,4,9-12H2,1-3H3/t13-,14-,17-/m1/s1. The zero-order valence-electron chi connectivity index (χ0n) is 15.0. The lowest BCUT2D eigenvalue weighted by atomic mass is 9.95. The molecule has 0 N–H and O–H groups in total. The summed E-state index contributed by atoms with van der Waals surface area (Å²) in [5, 5.41) is 0. The maximum absolute atomic E-state index is 13.2. The minimum absolute atomic E-state index is 0.00510. The van der Waals surface area contributed by atoms with Crippen LogP contribution in [-0.4, -0.2) is 60.6 Å². The van der Waals surface area contributed by atoms with Crippen LogP contribution in [0.25, 0.3) is 0 Å². The molecule has 2 aliphatic heterocycles. The summed E-state index contributed by atoms with van der Waals surface area (Å²) in [7, 11) is -3.47. The van der Waals surface area contributed by atoms with Gasteiger partial charge in [-0.1, -0.05) is 24.3 Å². The zero-order chi connectivity index (χ0) is 18.2. The number of sulfonamides is 1. The fourth-order valence-corrected chi connectivity index (χ4v) is 4.96. The largest absolute Gasteiger partial charge is 0.372 e. The highest BCUT2D eigenvalue weighted by Gasteiger charge is 2.41. The summed E-state index contributed by atoms with van der Waals surface area (Å²) >= 11 is 0. The summed E-state index contributed by atoms with van der Waals surface area (Å²) in [5.41, 5.74) is 2.03. The number of nitrogens with zero attached hydrogens (tertiary/aromatic N) is 2. The van der Waals surface area contributed by atoms with Crippen LogP contribution < -0.4 is 0 Å². The number of rotatable bonds is 3. The van der Waals surface area contributed by atoms with Gasteiger partial charge in [0.05, 0.1) is 18.0 Å². The Bertz CT molecular complexity index is 739. The van der Waals surface area contributed by atoms with E-state index >= 15 is 0 Å². The number of amides is 1. The third-order valence-corrected chi connectivity index (χ3v) is 6.77. The molecule has 2 heterocycles. The van der Waals surface area contributed by atoms with Crippen LogP contribution in [0.2, 0.25) is 0 Å². The quantitative estimate of drug-likeness (QED) is 0.811. The third kappa shape index (κ3) is 3.73. The molecule has 0 aliphatic carbocycles. The second-order valence-electron chi connectivity index (χ2n) is 6.93. The Morgan fingerprint density at radius 2 is 1.76 bits per heavy atom. The van der Waals surface area contributed by atoms with Crippen LogP contribution in [-0.2, 0) is 32.5 Å². The Balaban J connectivity index is 1.92. The molecule has 0 unspecified atom stereocenters. The van der Waals surface area contributed by atoms with Crippen LogP contribution >= 0.6 is 0 Å². The molecule has 3 rings (SSSR count). The average molecular weight is 366 g/mol. The van der Waals surface area contributed by atoms with Crippen molar-refractivity contribution in [3.05, 3.63) is 35.4 Å². The van der Waals surface area contributed by atoms with Gasteiger partial charge < -0.3 is 9.64 Å². The first kappa shape index (κ1) is 18.4. The van der Waals surface area contributed by atoms with Crippen LogP contribution in [0, 0.1) is 0 Å². The van der Waals surface area contributed by atoms with Gasteiger partial charge in [-0.2, -0.15) is 4.31 Å². The summed E-state index contributed by atoms with van der Waals surface area (Å²) in [4.78, 5) is 15.0. The Hall–Kier alpha value is -1.44. The maximum atomic E-state index is 13.2. The summed E-state index contributed by atoms with van der Waals surface area (Å²) in [6, 6.07) is 7.09. The van der Waals surface area contributed by atoms with Crippen LogP contribution in [0.1, 0.15) is 31.9 Å². The van der Waals surface area contributed by atoms with Gasteiger partial charge in [-0.3, -0.25) is 4.79 Å². The molecule has 2 aliphatic rings. The van der Waals surface area contributed by atoms with Crippen molar-refractivity contribution >= 4 is 15.9 Å². The van der Waals surface area contributed by atoms with Gasteiger partial charge in [0, 0.05) is 19.6 Å². The molecule has 0 aromatic heterocycles. The van der Waals surface area contributed by atoms with Crippen LogP contribution in [0.4, 0.5) is 0 Å². The monoisotopic (exact) mass is 366 g/mol. The molecule has 0 saturated carbocycles. The predicted octanol–water partition coefficient (Wildman–Crippen LogP) is 1.40. The fraction of sp³-hybridized carbons (Fsp3) is 0.611. The Morgan fingerprint density at radius 1 is 1.16 bits per heavy atom. The first-order valence-electron chi connectivity index (χ1n) is 8.82. The van der Waals surface area contributed by atoms with Gasteiger partial charge in [0.1, 0.15) is 6.04 Å². The number of carbonyl (C=O) groups is 1. The Morgan fingerprint density at radius 3 is 2.36 bits per heavy atom. The third-order valence-electron chi connectivity index (χ3n) is 4.94. The highest BCUT2D eigenvalue weighted by atomic mass is 32.2. The van der Waals surface area contributed by atoms with E-state index in [4.69, 9.17) is 4.74 Å². The molecule has 0 spiro atoms. The highest BCUT2D eigenvalue weighted by molar-refractivity contribution is 7.89. The van der Waals surface area contributed by atoms with E-state index in [1.807, 2.05) is 38.1 Å². The van der Waals surface area contributed by atoms with Crippen molar-refractivity contribution in [2.24, 2.45) is 0 Å². The predicted molar refractivity (Wildman–Crippen MR) is 95.5 cm³/mol. The molecule has 3 atom stereocenters. The number of hydrogen-bond acceptors (Lipinski definition) is 4. The van der Waals surface area contributed by atoms with E-state index in [2.05, 4.69) is 0 Å². The van der Waals surface area contributed by atoms with Crippen molar-refractivity contribution in [3.63, 3.8) is 0 Å². The number of carbonyl (C=O) groups excluding carboxylic acids is 1. The molecule has 6 nitrogen and oxygen atoms in total. The van der Waals surface area contributed by atoms with Gasteiger partial charge in [-0.05, 0) is 38.3 Å². The average Bonchev–Trinajstić information content (AvgIpc) is 2.59. The van der Waals surface area contributed by atoms with Gasteiger partial charge >= 0.3 is 0 Å². The lowest BCUT2D eigenvalue weighted by molar-refractivity contribution is -0.147. The second kappa shape index (κ2) is 7.05. The van der Waals surface area contributed by atoms with Gasteiger partial charge in [0.15, 0.2) is 0 Å². The molecule has 0 bridgehead atoms. The van der Waals surface area contributed by atoms with Crippen molar-refractivity contribution in [1.29, 1.82) is 0 Å². The van der Waals surface area contributed by atoms with E-state index in [-0.39, 0.29) is 30.4 Å². The smallest absolute Gasteiger partial charge is 0.241 e. The lowest BCUT2D eigenvalue weighted by Crippen LogP contribution is -2.57. The minimum Gasteiger partial charge on any atom is -0.372 e. The molecule has 7 heteroatoms. The second-order valence-corrected chi connectivity index (χ2v) is 9.15. The summed E-state index contributed by atoms with van der Waals surface area (Å²) in [6.07, 6.45) is 0.341. The number of benzene rings is 1. The molecule has 1 aromatic carbocycles. The summed E-state index contributed by atoms with van der Waals surface area (Å²) in [6.45, 7) is 6.76. The van der Waals surface area contributed by atoms with E-state index in [0.717, 1.165) is 11.1 Å². The molecule has 0 radical (unpaired) electrons. The molecular weight excluding hydrogens is 340 g/mol. The van der Waals surface area contributed by atoms with Crippen molar-refractivity contribution in [3.8, 4) is 0 Å². The molecular formula is C18H26N2O4S. The molecule has 138 valence electrons. The van der Waals surface area contributed by atoms with Crippen molar-refractivity contribution in [2.75, 3.05) is 18.8 Å². The van der Waals surface area contributed by atoms with Crippen LogP contribution in [0.15, 0.2) is 24.3 Å². The van der Waals surface area contributed by atoms with E-state index in [1.54, 1.807) is 11.8 Å². The number of fused-ring (bicyclic) bond motifs is 1. The SMILES string of the molecule is CCS(=O)(=O)N1Cc2ccccc2C[C@@H]1C(=O)N1C[C@@H](C)O[C@H](C)C1. The maximum Gasteiger partial charge on any atom is 0.241 e. The molecule has 1 saturated heterocycles. The van der Waals surface area contributed by atoms with E-state index in [1.165, 1.54) is 4.31 Å². The van der Waals surface area contributed by atoms with E-state index < -0.39 is 16.1 Å². The molecule has 1 amide bonds. The van der Waals surface area contributed by atoms with Gasteiger partial charge in [-0.25, -0.2) is 8.42 Å². The Kier molecular flexibility index (Phi) is 5.18. The lowest BCUT2D eigenvalue weighted by Gasteiger charge is -2.41.